The summed E-state index contributed by atoms with van der Waals surface area (Å²) >= 11 is 0. The Balaban J connectivity index is 2.23. The maximum atomic E-state index is 11.7. The van der Waals surface area contributed by atoms with Crippen molar-refractivity contribution in [1.82, 2.24) is 0 Å². The van der Waals surface area contributed by atoms with E-state index in [9.17, 15) is 4.79 Å². The van der Waals surface area contributed by atoms with Crippen LogP contribution in [0.3, 0.4) is 0 Å². The fraction of sp³-hybridized carbons (Fsp3) is 0.941. The predicted octanol–water partition coefficient (Wildman–Crippen LogP) is 5.10. The molecule has 1 aliphatic heterocycles. The summed E-state index contributed by atoms with van der Waals surface area (Å²) < 4.78 is 5.59. The summed E-state index contributed by atoms with van der Waals surface area (Å²) in [5, 5.41) is 0. The van der Waals surface area contributed by atoms with Crippen LogP contribution in [0.25, 0.3) is 0 Å². The number of carbonyl (C=O) groups is 1. The van der Waals surface area contributed by atoms with Gasteiger partial charge >= 0.3 is 5.97 Å². The molecule has 0 bridgehead atoms. The molecule has 0 unspecified atom stereocenters. The lowest BCUT2D eigenvalue weighted by molar-refractivity contribution is -0.144. The van der Waals surface area contributed by atoms with Crippen molar-refractivity contribution in [1.29, 1.82) is 0 Å². The van der Waals surface area contributed by atoms with Crippen molar-refractivity contribution >= 4 is 5.97 Å². The summed E-state index contributed by atoms with van der Waals surface area (Å²) in [6.07, 6.45) is 11.5. The highest BCUT2D eigenvalue weighted by Gasteiger charge is 2.49. The van der Waals surface area contributed by atoms with E-state index < -0.39 is 0 Å². The van der Waals surface area contributed by atoms with Crippen LogP contribution < -0.4 is 0 Å². The van der Waals surface area contributed by atoms with Gasteiger partial charge in [-0.25, -0.2) is 0 Å². The van der Waals surface area contributed by atoms with E-state index in [1.807, 2.05) is 6.92 Å². The average molecular weight is 268 g/mol. The Bertz CT molecular complexity index is 274. The number of esters is 1. The molecule has 2 nitrogen and oxygen atoms in total. The fourth-order valence-electron chi connectivity index (χ4n) is 3.13. The summed E-state index contributed by atoms with van der Waals surface area (Å²) in [7, 11) is 0. The molecule has 0 aromatic rings. The molecule has 1 fully saturated rings. The first-order valence-corrected chi connectivity index (χ1v) is 8.26. The molecule has 3 atom stereocenters. The molecule has 0 aromatic carbocycles. The van der Waals surface area contributed by atoms with Crippen molar-refractivity contribution in [2.24, 2.45) is 11.3 Å². The number of rotatable bonds is 9. The van der Waals surface area contributed by atoms with Crippen LogP contribution in [-0.2, 0) is 9.53 Å². The van der Waals surface area contributed by atoms with Gasteiger partial charge in [-0.1, -0.05) is 66.2 Å². The molecule has 0 N–H and O–H groups in total. The quantitative estimate of drug-likeness (QED) is 0.429. The van der Waals surface area contributed by atoms with Gasteiger partial charge in [-0.15, -0.1) is 0 Å². The molecule has 0 radical (unpaired) electrons. The van der Waals surface area contributed by atoms with E-state index in [1.165, 1.54) is 44.9 Å². The molecule has 1 heterocycles. The van der Waals surface area contributed by atoms with Crippen LogP contribution in [0.4, 0.5) is 0 Å². The van der Waals surface area contributed by atoms with Gasteiger partial charge in [0.2, 0.25) is 0 Å². The molecular formula is C17H32O2. The minimum atomic E-state index is 0.0114. The standard InChI is InChI=1S/C17H32O2/c1-5-7-8-9-10-11-12-13-15-17(4,6-2)14(3)16(18)19-15/h14-15H,5-13H2,1-4H3/t14-,15-,17+/m0/s1. The maximum absolute atomic E-state index is 11.7. The van der Waals surface area contributed by atoms with Crippen LogP contribution in [0.15, 0.2) is 0 Å². The molecule has 1 aliphatic rings. The van der Waals surface area contributed by atoms with Crippen molar-refractivity contribution in [3.8, 4) is 0 Å². The first-order chi connectivity index (χ1) is 9.06. The Morgan fingerprint density at radius 2 is 1.63 bits per heavy atom. The molecule has 0 spiro atoms. The highest BCUT2D eigenvalue weighted by atomic mass is 16.6. The third-order valence-corrected chi connectivity index (χ3v) is 5.17. The summed E-state index contributed by atoms with van der Waals surface area (Å²) in [5.74, 6) is 0.0735. The molecule has 2 heteroatoms. The van der Waals surface area contributed by atoms with E-state index >= 15 is 0 Å². The van der Waals surface area contributed by atoms with Gasteiger partial charge in [-0.05, 0) is 19.3 Å². The van der Waals surface area contributed by atoms with Crippen LogP contribution in [0.5, 0.6) is 0 Å². The molecular weight excluding hydrogens is 236 g/mol. The van der Waals surface area contributed by atoms with Crippen LogP contribution in [0.1, 0.15) is 85.5 Å². The lowest BCUT2D eigenvalue weighted by atomic mass is 9.72. The van der Waals surface area contributed by atoms with Crippen LogP contribution in [0, 0.1) is 11.3 Å². The Labute approximate surface area is 119 Å². The zero-order chi connectivity index (χ0) is 14.3. The molecule has 1 saturated heterocycles. The summed E-state index contributed by atoms with van der Waals surface area (Å²) in [6.45, 7) is 8.67. The van der Waals surface area contributed by atoms with Gasteiger partial charge in [0.25, 0.3) is 0 Å². The monoisotopic (exact) mass is 268 g/mol. The van der Waals surface area contributed by atoms with Crippen molar-refractivity contribution in [2.75, 3.05) is 0 Å². The second kappa shape index (κ2) is 7.91. The maximum Gasteiger partial charge on any atom is 0.309 e. The SMILES string of the molecule is CCCCCCCCC[C@@H]1OC(=O)[C@H](C)[C@@]1(C)CC. The van der Waals surface area contributed by atoms with Gasteiger partial charge in [-0.2, -0.15) is 0 Å². The second-order valence-electron chi connectivity index (χ2n) is 6.42. The number of ether oxygens (including phenoxy) is 1. The zero-order valence-corrected chi connectivity index (χ0v) is 13.3. The first-order valence-electron chi connectivity index (χ1n) is 8.26. The highest BCUT2D eigenvalue weighted by molar-refractivity contribution is 5.75. The number of unbranched alkanes of at least 4 members (excludes halogenated alkanes) is 6. The van der Waals surface area contributed by atoms with E-state index in [4.69, 9.17) is 4.74 Å². The lowest BCUT2D eigenvalue weighted by Gasteiger charge is -2.30. The predicted molar refractivity (Wildman–Crippen MR) is 80.1 cm³/mol. The van der Waals surface area contributed by atoms with Crippen molar-refractivity contribution in [3.05, 3.63) is 0 Å². The second-order valence-corrected chi connectivity index (χ2v) is 6.42. The zero-order valence-electron chi connectivity index (χ0n) is 13.3. The Morgan fingerprint density at radius 3 is 2.21 bits per heavy atom. The minimum absolute atomic E-state index is 0.0114. The van der Waals surface area contributed by atoms with Gasteiger partial charge < -0.3 is 4.74 Å². The van der Waals surface area contributed by atoms with Crippen LogP contribution in [0.2, 0.25) is 0 Å². The van der Waals surface area contributed by atoms with Crippen molar-refractivity contribution in [2.45, 2.75) is 91.6 Å². The fourth-order valence-corrected chi connectivity index (χ4v) is 3.13. The normalized spacial score (nSPS) is 30.6. The number of hydrogen-bond acceptors (Lipinski definition) is 2. The van der Waals surface area contributed by atoms with Crippen LogP contribution in [-0.4, -0.2) is 12.1 Å². The Kier molecular flexibility index (Phi) is 6.88. The van der Waals surface area contributed by atoms with Gasteiger partial charge in [0.15, 0.2) is 0 Å². The lowest BCUT2D eigenvalue weighted by Crippen LogP contribution is -2.31. The first kappa shape index (κ1) is 16.5. The third-order valence-electron chi connectivity index (χ3n) is 5.17. The van der Waals surface area contributed by atoms with Gasteiger partial charge in [-0.3, -0.25) is 4.79 Å². The van der Waals surface area contributed by atoms with Gasteiger partial charge in [0, 0.05) is 5.41 Å². The van der Waals surface area contributed by atoms with Gasteiger partial charge in [0.1, 0.15) is 6.10 Å². The smallest absolute Gasteiger partial charge is 0.309 e. The summed E-state index contributed by atoms with van der Waals surface area (Å²) in [4.78, 5) is 11.7. The molecule has 0 aliphatic carbocycles. The molecule has 112 valence electrons. The van der Waals surface area contributed by atoms with E-state index in [0.717, 1.165) is 12.8 Å². The summed E-state index contributed by atoms with van der Waals surface area (Å²) in [6, 6.07) is 0. The van der Waals surface area contributed by atoms with E-state index in [0.29, 0.717) is 0 Å². The molecule has 0 saturated carbocycles. The van der Waals surface area contributed by atoms with E-state index in [-0.39, 0.29) is 23.4 Å². The number of hydrogen-bond donors (Lipinski definition) is 0. The molecule has 1 rings (SSSR count). The molecule has 0 amide bonds. The number of carbonyl (C=O) groups excluding carboxylic acids is 1. The summed E-state index contributed by atoms with van der Waals surface area (Å²) in [5.41, 5.74) is 0.0549. The number of cyclic esters (lactones) is 1. The van der Waals surface area contributed by atoms with E-state index in [2.05, 4.69) is 20.8 Å². The Hall–Kier alpha value is -0.530. The Morgan fingerprint density at radius 1 is 1.05 bits per heavy atom. The largest absolute Gasteiger partial charge is 0.462 e. The minimum Gasteiger partial charge on any atom is -0.462 e. The molecule has 19 heavy (non-hydrogen) atoms. The highest BCUT2D eigenvalue weighted by Crippen LogP contribution is 2.44. The van der Waals surface area contributed by atoms with Crippen molar-refractivity contribution < 1.29 is 9.53 Å². The molecule has 0 aromatic heterocycles. The van der Waals surface area contributed by atoms with Crippen LogP contribution >= 0.6 is 0 Å². The third kappa shape index (κ3) is 4.22. The van der Waals surface area contributed by atoms with Gasteiger partial charge in [0.05, 0.1) is 5.92 Å². The van der Waals surface area contributed by atoms with Crippen molar-refractivity contribution in [3.63, 3.8) is 0 Å². The average Bonchev–Trinajstić information content (AvgIpc) is 2.63. The van der Waals surface area contributed by atoms with E-state index in [1.54, 1.807) is 0 Å². The topological polar surface area (TPSA) is 26.3 Å².